The van der Waals surface area contributed by atoms with Crippen molar-refractivity contribution >= 4 is 5.78 Å². The first kappa shape index (κ1) is 16.8. The lowest BCUT2D eigenvalue weighted by molar-refractivity contribution is -0.171. The van der Waals surface area contributed by atoms with E-state index in [1.807, 2.05) is 6.08 Å². The molecule has 3 saturated carbocycles. The Bertz CT molecular complexity index is 594. The normalized spacial score (nSPS) is 52.1. The van der Waals surface area contributed by atoms with Crippen LogP contribution in [0.15, 0.2) is 11.6 Å². The smallest absolute Gasteiger partial charge is 0.155 e. The number of ketones is 1. The predicted molar refractivity (Wildman–Crippen MR) is 93.3 cm³/mol. The van der Waals surface area contributed by atoms with Gasteiger partial charge in [0.25, 0.3) is 0 Å². The van der Waals surface area contributed by atoms with E-state index >= 15 is 0 Å². The van der Waals surface area contributed by atoms with Crippen LogP contribution < -0.4 is 0 Å². The third-order valence-electron chi connectivity index (χ3n) is 8.87. The van der Waals surface area contributed by atoms with Crippen molar-refractivity contribution in [3.05, 3.63) is 11.6 Å². The topological polar surface area (TPSA) is 57.5 Å². The zero-order valence-electron chi connectivity index (χ0n) is 15.3. The molecule has 134 valence electrons. The van der Waals surface area contributed by atoms with Gasteiger partial charge in [0, 0.05) is 11.8 Å². The molecule has 0 bridgehead atoms. The van der Waals surface area contributed by atoms with Gasteiger partial charge in [-0.05, 0) is 81.1 Å². The van der Waals surface area contributed by atoms with Gasteiger partial charge in [-0.25, -0.2) is 0 Å². The van der Waals surface area contributed by atoms with E-state index in [-0.39, 0.29) is 10.8 Å². The second-order valence-electron chi connectivity index (χ2n) is 9.56. The minimum absolute atomic E-state index is 0.162. The molecule has 4 rings (SSSR count). The van der Waals surface area contributed by atoms with Crippen molar-refractivity contribution in [2.75, 3.05) is 0 Å². The van der Waals surface area contributed by atoms with Crippen LogP contribution in [0.2, 0.25) is 0 Å². The van der Waals surface area contributed by atoms with Crippen molar-refractivity contribution in [2.45, 2.75) is 83.8 Å². The number of hydrogen-bond acceptors (Lipinski definition) is 3. The SMILES string of the molecule is C[C@H](O)[C@]1(O)CC[C@@H]2[C@@H]3CCC4=CC(=O)CC[C@@]4(C)[C@@H]3CC[C@@]21C. The van der Waals surface area contributed by atoms with Gasteiger partial charge in [-0.15, -0.1) is 0 Å². The van der Waals surface area contributed by atoms with E-state index in [2.05, 4.69) is 13.8 Å². The standard InChI is InChI=1S/C21H32O3/c1-13(22)21(24)11-8-18-16-5-4-14-12-15(23)6-9-19(14,2)17(16)7-10-20(18,21)3/h12-13,16-18,22,24H,4-11H2,1-3H3/t13-,16+,17+,18+,19+,20-,21+/m0/s1. The number of allylic oxidation sites excluding steroid dienone is 1. The summed E-state index contributed by atoms with van der Waals surface area (Å²) in [6, 6.07) is 0. The Morgan fingerprint density at radius 1 is 1.08 bits per heavy atom. The minimum atomic E-state index is -0.928. The van der Waals surface area contributed by atoms with Gasteiger partial charge < -0.3 is 10.2 Å². The summed E-state index contributed by atoms with van der Waals surface area (Å²) >= 11 is 0. The van der Waals surface area contributed by atoms with Crippen molar-refractivity contribution in [3.63, 3.8) is 0 Å². The second kappa shape index (κ2) is 5.17. The molecule has 3 fully saturated rings. The van der Waals surface area contributed by atoms with Crippen LogP contribution in [0.5, 0.6) is 0 Å². The molecule has 4 aliphatic carbocycles. The molecule has 3 heteroatoms. The van der Waals surface area contributed by atoms with E-state index in [4.69, 9.17) is 0 Å². The summed E-state index contributed by atoms with van der Waals surface area (Å²) in [5.41, 5.74) is 0.489. The first-order chi connectivity index (χ1) is 11.2. The van der Waals surface area contributed by atoms with Gasteiger partial charge in [0.15, 0.2) is 5.78 Å². The van der Waals surface area contributed by atoms with Crippen molar-refractivity contribution in [3.8, 4) is 0 Å². The van der Waals surface area contributed by atoms with Crippen LogP contribution >= 0.6 is 0 Å². The maximum Gasteiger partial charge on any atom is 0.155 e. The molecule has 4 aliphatic rings. The lowest BCUT2D eigenvalue weighted by Gasteiger charge is -2.59. The number of rotatable bonds is 1. The Kier molecular flexibility index (Phi) is 3.61. The van der Waals surface area contributed by atoms with Gasteiger partial charge in [-0.2, -0.15) is 0 Å². The average Bonchev–Trinajstić information content (AvgIpc) is 2.81. The first-order valence-electron chi connectivity index (χ1n) is 9.87. The Hall–Kier alpha value is -0.670. The lowest BCUT2D eigenvalue weighted by atomic mass is 9.46. The molecule has 0 aliphatic heterocycles. The molecular formula is C21H32O3. The molecule has 0 aromatic rings. The predicted octanol–water partition coefficient (Wildman–Crippen LogP) is 3.63. The van der Waals surface area contributed by atoms with Crippen LogP contribution in [0.3, 0.4) is 0 Å². The van der Waals surface area contributed by atoms with Crippen LogP contribution in [0, 0.1) is 28.6 Å². The van der Waals surface area contributed by atoms with Crippen LogP contribution in [0.4, 0.5) is 0 Å². The first-order valence-corrected chi connectivity index (χ1v) is 9.87. The summed E-state index contributed by atoms with van der Waals surface area (Å²) in [5.74, 6) is 2.09. The fourth-order valence-corrected chi connectivity index (χ4v) is 7.30. The summed E-state index contributed by atoms with van der Waals surface area (Å²) < 4.78 is 0. The summed E-state index contributed by atoms with van der Waals surface area (Å²) in [5, 5.41) is 21.5. The van der Waals surface area contributed by atoms with E-state index in [0.29, 0.717) is 30.0 Å². The number of carbonyl (C=O) groups is 1. The van der Waals surface area contributed by atoms with E-state index in [9.17, 15) is 15.0 Å². The summed E-state index contributed by atoms with van der Waals surface area (Å²) in [4.78, 5) is 11.9. The molecule has 3 nitrogen and oxygen atoms in total. The van der Waals surface area contributed by atoms with E-state index in [1.54, 1.807) is 6.92 Å². The zero-order valence-corrected chi connectivity index (χ0v) is 15.3. The van der Waals surface area contributed by atoms with Crippen LogP contribution in [0.1, 0.15) is 72.1 Å². The molecule has 0 radical (unpaired) electrons. The summed E-state index contributed by atoms with van der Waals surface area (Å²) in [7, 11) is 0. The number of fused-ring (bicyclic) bond motifs is 5. The number of aliphatic hydroxyl groups excluding tert-OH is 1. The van der Waals surface area contributed by atoms with Gasteiger partial charge in [0.05, 0.1) is 11.7 Å². The molecule has 24 heavy (non-hydrogen) atoms. The molecule has 2 N–H and O–H groups in total. The van der Waals surface area contributed by atoms with Crippen molar-refractivity contribution in [1.29, 1.82) is 0 Å². The maximum absolute atomic E-state index is 11.9. The third-order valence-corrected chi connectivity index (χ3v) is 8.87. The Morgan fingerprint density at radius 3 is 2.50 bits per heavy atom. The van der Waals surface area contributed by atoms with Gasteiger partial charge in [0.1, 0.15) is 0 Å². The largest absolute Gasteiger partial charge is 0.390 e. The molecule has 0 heterocycles. The fraction of sp³-hybridized carbons (Fsp3) is 0.857. The second-order valence-corrected chi connectivity index (χ2v) is 9.56. The Labute approximate surface area is 145 Å². The minimum Gasteiger partial charge on any atom is -0.390 e. The molecular weight excluding hydrogens is 300 g/mol. The summed E-state index contributed by atoms with van der Waals surface area (Å²) in [6.07, 6.45) is 9.07. The van der Waals surface area contributed by atoms with Crippen molar-refractivity contribution in [2.24, 2.45) is 28.6 Å². The van der Waals surface area contributed by atoms with E-state index in [0.717, 1.165) is 44.9 Å². The monoisotopic (exact) mass is 332 g/mol. The zero-order chi connectivity index (χ0) is 17.3. The van der Waals surface area contributed by atoms with Gasteiger partial charge in [-0.3, -0.25) is 4.79 Å². The lowest BCUT2D eigenvalue weighted by Crippen LogP contribution is -2.58. The van der Waals surface area contributed by atoms with Crippen molar-refractivity contribution < 1.29 is 15.0 Å². The molecule has 0 aromatic heterocycles. The highest BCUT2D eigenvalue weighted by molar-refractivity contribution is 5.91. The van der Waals surface area contributed by atoms with Crippen LogP contribution in [0.25, 0.3) is 0 Å². The van der Waals surface area contributed by atoms with E-state index in [1.165, 1.54) is 5.57 Å². The number of hydrogen-bond donors (Lipinski definition) is 2. The highest BCUT2D eigenvalue weighted by atomic mass is 16.3. The highest BCUT2D eigenvalue weighted by Gasteiger charge is 2.65. The quantitative estimate of drug-likeness (QED) is 0.771. The molecule has 0 unspecified atom stereocenters. The molecule has 7 atom stereocenters. The van der Waals surface area contributed by atoms with Gasteiger partial charge in [0.2, 0.25) is 0 Å². The van der Waals surface area contributed by atoms with Crippen LogP contribution in [-0.2, 0) is 4.79 Å². The molecule has 0 spiro atoms. The average molecular weight is 332 g/mol. The fourth-order valence-electron chi connectivity index (χ4n) is 7.30. The van der Waals surface area contributed by atoms with Crippen LogP contribution in [-0.4, -0.2) is 27.7 Å². The molecule has 0 amide bonds. The molecule has 0 saturated heterocycles. The summed E-state index contributed by atoms with van der Waals surface area (Å²) in [6.45, 7) is 6.38. The Balaban J connectivity index is 1.69. The van der Waals surface area contributed by atoms with Gasteiger partial charge in [-0.1, -0.05) is 19.4 Å². The third kappa shape index (κ3) is 1.94. The van der Waals surface area contributed by atoms with Crippen molar-refractivity contribution in [1.82, 2.24) is 0 Å². The number of aliphatic hydroxyl groups is 2. The number of carbonyl (C=O) groups excluding carboxylic acids is 1. The maximum atomic E-state index is 11.9. The molecule has 0 aromatic carbocycles. The van der Waals surface area contributed by atoms with Gasteiger partial charge >= 0.3 is 0 Å². The Morgan fingerprint density at radius 2 is 1.79 bits per heavy atom. The van der Waals surface area contributed by atoms with E-state index < -0.39 is 11.7 Å². The highest BCUT2D eigenvalue weighted by Crippen LogP contribution is 2.67.